The fraction of sp³-hybridized carbons (Fsp3) is 0.409. The average molecular weight is 380 g/mol. The number of aliphatic carboxylic acids is 1. The number of benzene rings is 2. The van der Waals surface area contributed by atoms with Crippen LogP contribution in [0.15, 0.2) is 42.5 Å². The van der Waals surface area contributed by atoms with Crippen molar-refractivity contribution in [3.63, 3.8) is 0 Å². The molecule has 2 aromatic carbocycles. The fourth-order valence-electron chi connectivity index (χ4n) is 4.48. The van der Waals surface area contributed by atoms with Gasteiger partial charge in [0.25, 0.3) is 5.91 Å². The molecule has 3 unspecified atom stereocenters. The van der Waals surface area contributed by atoms with E-state index in [1.165, 1.54) is 4.90 Å². The van der Waals surface area contributed by atoms with Gasteiger partial charge in [-0.05, 0) is 48.6 Å². The van der Waals surface area contributed by atoms with Crippen molar-refractivity contribution < 1.29 is 19.5 Å². The van der Waals surface area contributed by atoms with E-state index in [9.17, 15) is 19.5 Å². The molecule has 146 valence electrons. The van der Waals surface area contributed by atoms with Gasteiger partial charge in [0, 0.05) is 11.6 Å². The molecule has 0 radical (unpaired) electrons. The minimum Gasteiger partial charge on any atom is -0.480 e. The summed E-state index contributed by atoms with van der Waals surface area (Å²) in [6.45, 7) is 0. The van der Waals surface area contributed by atoms with Crippen molar-refractivity contribution >= 4 is 28.6 Å². The van der Waals surface area contributed by atoms with Crippen LogP contribution in [0.3, 0.4) is 0 Å². The molecule has 2 aliphatic heterocycles. The molecule has 6 heteroatoms. The van der Waals surface area contributed by atoms with E-state index in [1.54, 1.807) is 6.07 Å². The first kappa shape index (κ1) is 18.5. The molecule has 6 nitrogen and oxygen atoms in total. The Morgan fingerprint density at radius 2 is 1.71 bits per heavy atom. The van der Waals surface area contributed by atoms with E-state index in [1.807, 2.05) is 36.4 Å². The molecule has 2 saturated heterocycles. The Hall–Kier alpha value is -2.89. The topological polar surface area (TPSA) is 86.7 Å². The van der Waals surface area contributed by atoms with Crippen LogP contribution < -0.4 is 5.32 Å². The minimum absolute atomic E-state index is 0.0334. The predicted octanol–water partition coefficient (Wildman–Crippen LogP) is 2.96. The summed E-state index contributed by atoms with van der Waals surface area (Å²) >= 11 is 0. The standard InChI is InChI=1S/C22H24N2O4/c25-20(16-10-9-14-5-1-2-6-15(14)13-16)23-18-8-4-3-7-17-11-12-19(22(27)28)24(17)21(18)26/h1-2,5-6,9-10,13,17-19H,3-4,7-8,11-12H2,(H,23,25)(H,27,28). The molecular formula is C22H24N2O4. The third kappa shape index (κ3) is 3.46. The number of hydrogen-bond acceptors (Lipinski definition) is 3. The third-order valence-electron chi connectivity index (χ3n) is 5.94. The molecule has 0 aliphatic carbocycles. The lowest BCUT2D eigenvalue weighted by atomic mass is 9.98. The quantitative estimate of drug-likeness (QED) is 0.857. The number of fused-ring (bicyclic) bond motifs is 2. The Balaban J connectivity index is 1.55. The van der Waals surface area contributed by atoms with Gasteiger partial charge in [-0.15, -0.1) is 0 Å². The molecule has 2 heterocycles. The van der Waals surface area contributed by atoms with Gasteiger partial charge >= 0.3 is 5.97 Å². The van der Waals surface area contributed by atoms with Crippen molar-refractivity contribution in [2.24, 2.45) is 0 Å². The number of carboxylic acid groups (broad SMARTS) is 1. The molecule has 4 rings (SSSR count). The highest BCUT2D eigenvalue weighted by atomic mass is 16.4. The molecule has 2 aliphatic rings. The minimum atomic E-state index is -0.962. The van der Waals surface area contributed by atoms with Crippen molar-refractivity contribution in [1.82, 2.24) is 10.2 Å². The van der Waals surface area contributed by atoms with Crippen molar-refractivity contribution in [1.29, 1.82) is 0 Å². The van der Waals surface area contributed by atoms with E-state index in [4.69, 9.17) is 0 Å². The van der Waals surface area contributed by atoms with Gasteiger partial charge in [0.05, 0.1) is 0 Å². The number of carboxylic acids is 1. The van der Waals surface area contributed by atoms with Gasteiger partial charge in [-0.1, -0.05) is 43.2 Å². The Morgan fingerprint density at radius 3 is 2.50 bits per heavy atom. The smallest absolute Gasteiger partial charge is 0.326 e. The predicted molar refractivity (Wildman–Crippen MR) is 105 cm³/mol. The zero-order valence-corrected chi connectivity index (χ0v) is 15.6. The Kier molecular flexibility index (Phi) is 5.03. The normalized spacial score (nSPS) is 25.1. The van der Waals surface area contributed by atoms with Crippen LogP contribution in [-0.4, -0.2) is 45.9 Å². The Bertz CT molecular complexity index is 926. The van der Waals surface area contributed by atoms with Crippen LogP contribution in [-0.2, 0) is 9.59 Å². The van der Waals surface area contributed by atoms with Crippen LogP contribution >= 0.6 is 0 Å². The maximum Gasteiger partial charge on any atom is 0.326 e. The van der Waals surface area contributed by atoms with Crippen LogP contribution in [0.1, 0.15) is 48.9 Å². The van der Waals surface area contributed by atoms with E-state index in [0.29, 0.717) is 24.8 Å². The molecule has 0 spiro atoms. The summed E-state index contributed by atoms with van der Waals surface area (Å²) < 4.78 is 0. The number of nitrogens with one attached hydrogen (secondary N) is 1. The number of carbonyl (C=O) groups excluding carboxylic acids is 2. The molecule has 2 fully saturated rings. The molecule has 2 aromatic rings. The number of nitrogens with zero attached hydrogens (tertiary/aromatic N) is 1. The summed E-state index contributed by atoms with van der Waals surface area (Å²) in [5, 5.41) is 14.4. The molecular weight excluding hydrogens is 356 g/mol. The fourth-order valence-corrected chi connectivity index (χ4v) is 4.48. The van der Waals surface area contributed by atoms with Crippen molar-refractivity contribution in [2.75, 3.05) is 0 Å². The summed E-state index contributed by atoms with van der Waals surface area (Å²) in [6.07, 6.45) is 4.35. The summed E-state index contributed by atoms with van der Waals surface area (Å²) in [6, 6.07) is 11.8. The Labute approximate surface area is 163 Å². The number of rotatable bonds is 3. The van der Waals surface area contributed by atoms with Gasteiger partial charge in [-0.3, -0.25) is 9.59 Å². The van der Waals surface area contributed by atoms with Crippen LogP contribution in [0.4, 0.5) is 0 Å². The van der Waals surface area contributed by atoms with Crippen LogP contribution in [0.25, 0.3) is 10.8 Å². The number of carbonyl (C=O) groups is 3. The highest BCUT2D eigenvalue weighted by molar-refractivity contribution is 6.01. The van der Waals surface area contributed by atoms with E-state index in [2.05, 4.69) is 5.32 Å². The SMILES string of the molecule is O=C(NC1CCCCC2CCC(C(=O)O)N2C1=O)c1ccc2ccccc2c1. The highest BCUT2D eigenvalue weighted by Gasteiger charge is 2.43. The zero-order chi connectivity index (χ0) is 19.7. The first-order valence-electron chi connectivity index (χ1n) is 9.89. The van der Waals surface area contributed by atoms with E-state index in [0.717, 1.165) is 30.0 Å². The third-order valence-corrected chi connectivity index (χ3v) is 5.94. The summed E-state index contributed by atoms with van der Waals surface area (Å²) in [5.74, 6) is -1.52. The van der Waals surface area contributed by atoms with Gasteiger partial charge in [0.15, 0.2) is 0 Å². The molecule has 28 heavy (non-hydrogen) atoms. The van der Waals surface area contributed by atoms with Crippen molar-refractivity contribution in [2.45, 2.75) is 56.7 Å². The second kappa shape index (κ2) is 7.62. The lowest BCUT2D eigenvalue weighted by molar-refractivity contribution is -0.151. The zero-order valence-electron chi connectivity index (χ0n) is 15.6. The van der Waals surface area contributed by atoms with Gasteiger partial charge in [0.2, 0.25) is 5.91 Å². The summed E-state index contributed by atoms with van der Waals surface area (Å²) in [7, 11) is 0. The van der Waals surface area contributed by atoms with Crippen LogP contribution in [0, 0.1) is 0 Å². The maximum absolute atomic E-state index is 13.1. The van der Waals surface area contributed by atoms with Gasteiger partial charge in [0.1, 0.15) is 12.1 Å². The highest BCUT2D eigenvalue weighted by Crippen LogP contribution is 2.31. The summed E-state index contributed by atoms with van der Waals surface area (Å²) in [5.41, 5.74) is 0.501. The first-order valence-corrected chi connectivity index (χ1v) is 9.89. The molecule has 2 amide bonds. The van der Waals surface area contributed by atoms with E-state index < -0.39 is 18.1 Å². The lowest BCUT2D eigenvalue weighted by Crippen LogP contribution is -2.54. The van der Waals surface area contributed by atoms with Gasteiger partial charge in [-0.2, -0.15) is 0 Å². The van der Waals surface area contributed by atoms with Crippen LogP contribution in [0.5, 0.6) is 0 Å². The maximum atomic E-state index is 13.1. The van der Waals surface area contributed by atoms with E-state index in [-0.39, 0.29) is 17.9 Å². The number of hydrogen-bond donors (Lipinski definition) is 2. The second-order valence-corrected chi connectivity index (χ2v) is 7.70. The van der Waals surface area contributed by atoms with E-state index >= 15 is 0 Å². The van der Waals surface area contributed by atoms with Crippen LogP contribution in [0.2, 0.25) is 0 Å². The molecule has 3 atom stereocenters. The second-order valence-electron chi connectivity index (χ2n) is 7.70. The molecule has 0 saturated carbocycles. The molecule has 0 bridgehead atoms. The number of amides is 2. The van der Waals surface area contributed by atoms with Gasteiger partial charge in [-0.25, -0.2) is 4.79 Å². The Morgan fingerprint density at radius 1 is 0.964 bits per heavy atom. The average Bonchev–Trinajstić information content (AvgIpc) is 3.11. The molecule has 0 aromatic heterocycles. The summed E-state index contributed by atoms with van der Waals surface area (Å²) in [4.78, 5) is 39.0. The monoisotopic (exact) mass is 380 g/mol. The first-order chi connectivity index (χ1) is 13.5. The molecule has 2 N–H and O–H groups in total. The van der Waals surface area contributed by atoms with Crippen molar-refractivity contribution in [3.8, 4) is 0 Å². The van der Waals surface area contributed by atoms with Gasteiger partial charge < -0.3 is 15.3 Å². The lowest BCUT2D eigenvalue weighted by Gasteiger charge is -2.34. The largest absolute Gasteiger partial charge is 0.480 e. The van der Waals surface area contributed by atoms with Crippen molar-refractivity contribution in [3.05, 3.63) is 48.0 Å².